The van der Waals surface area contributed by atoms with E-state index in [4.69, 9.17) is 14.9 Å². The molecule has 232 valence electrons. The molecule has 0 bridgehead atoms. The second kappa shape index (κ2) is 16.5. The standard InChI is InChI=1S/C30H33F5N4O4/c1-2-28(23(27(35)13-36)9-8-22-14-37-21(15-42-22)16-43-30(41)38-17-31)39-29(40)12-24(18-3-6-20(32)7-4-18)19-5-10-25(33)26(34)11-19/h2-7,10-11,13,21-22,24,36-37H,8-9,12,14-17H2,1H3,(H,38,41)(H,39,40)/b27-23+,28-2+,36-13?/t21-,22+,24+/m0/s1. The number of halogens is 5. The average Bonchev–Trinajstić information content (AvgIpc) is 3.00. The Balaban J connectivity index is 1.66. The number of hydrogen-bond acceptors (Lipinski definition) is 6. The number of amides is 2. The second-order valence-electron chi connectivity index (χ2n) is 9.71. The maximum Gasteiger partial charge on any atom is 0.409 e. The van der Waals surface area contributed by atoms with Gasteiger partial charge in [-0.2, -0.15) is 0 Å². The van der Waals surface area contributed by atoms with E-state index in [0.29, 0.717) is 24.7 Å². The van der Waals surface area contributed by atoms with Gasteiger partial charge in [0.05, 0.1) is 25.0 Å². The van der Waals surface area contributed by atoms with Crippen molar-refractivity contribution in [3.63, 3.8) is 0 Å². The molecule has 1 aliphatic rings. The topological polar surface area (TPSA) is 113 Å². The van der Waals surface area contributed by atoms with Gasteiger partial charge in [0, 0.05) is 30.2 Å². The number of ether oxygens (including phenoxy) is 2. The predicted molar refractivity (Wildman–Crippen MR) is 149 cm³/mol. The fourth-order valence-electron chi connectivity index (χ4n) is 4.58. The van der Waals surface area contributed by atoms with Crippen LogP contribution in [0.3, 0.4) is 0 Å². The van der Waals surface area contributed by atoms with Crippen molar-refractivity contribution in [3.05, 3.63) is 94.2 Å². The zero-order valence-electron chi connectivity index (χ0n) is 23.4. The molecule has 3 atom stereocenters. The number of hydrogen-bond donors (Lipinski definition) is 4. The Hall–Kier alpha value is -4.10. The molecule has 0 aliphatic carbocycles. The van der Waals surface area contributed by atoms with Crippen molar-refractivity contribution in [1.82, 2.24) is 16.0 Å². The van der Waals surface area contributed by atoms with Crippen LogP contribution in [0, 0.1) is 22.9 Å². The molecule has 3 rings (SSSR count). The number of carbonyl (C=O) groups is 2. The molecular formula is C30H33F5N4O4. The summed E-state index contributed by atoms with van der Waals surface area (Å²) in [5.74, 6) is -4.86. The van der Waals surface area contributed by atoms with Crippen molar-refractivity contribution in [3.8, 4) is 0 Å². The smallest absolute Gasteiger partial charge is 0.409 e. The highest BCUT2D eigenvalue weighted by Crippen LogP contribution is 2.30. The Kier molecular flexibility index (Phi) is 12.8. The van der Waals surface area contributed by atoms with E-state index in [0.717, 1.165) is 12.1 Å². The summed E-state index contributed by atoms with van der Waals surface area (Å²) in [4.78, 5) is 24.5. The van der Waals surface area contributed by atoms with Crippen molar-refractivity contribution in [2.45, 2.75) is 44.2 Å². The summed E-state index contributed by atoms with van der Waals surface area (Å²) < 4.78 is 78.8. The molecule has 8 nitrogen and oxygen atoms in total. The van der Waals surface area contributed by atoms with Crippen LogP contribution in [0.4, 0.5) is 26.7 Å². The Morgan fingerprint density at radius 1 is 1.14 bits per heavy atom. The van der Waals surface area contributed by atoms with E-state index in [1.807, 2.05) is 5.32 Å². The fraction of sp³-hybridized carbons (Fsp3) is 0.367. The predicted octanol–water partition coefficient (Wildman–Crippen LogP) is 5.31. The minimum Gasteiger partial charge on any atom is -0.448 e. The Morgan fingerprint density at radius 2 is 1.86 bits per heavy atom. The first-order valence-corrected chi connectivity index (χ1v) is 13.5. The van der Waals surface area contributed by atoms with Crippen molar-refractivity contribution in [2.24, 2.45) is 0 Å². The van der Waals surface area contributed by atoms with Gasteiger partial charge in [-0.1, -0.05) is 24.3 Å². The number of morpholine rings is 1. The van der Waals surface area contributed by atoms with Crippen LogP contribution in [-0.2, 0) is 14.3 Å². The molecule has 1 heterocycles. The highest BCUT2D eigenvalue weighted by Gasteiger charge is 2.25. The first-order valence-electron chi connectivity index (χ1n) is 13.5. The molecule has 0 aromatic heterocycles. The minimum absolute atomic E-state index is 0.0373. The monoisotopic (exact) mass is 608 g/mol. The summed E-state index contributed by atoms with van der Waals surface area (Å²) in [6.45, 7) is 1.03. The summed E-state index contributed by atoms with van der Waals surface area (Å²) >= 11 is 0. The third-order valence-electron chi connectivity index (χ3n) is 6.82. The molecular weight excluding hydrogens is 575 g/mol. The maximum absolute atomic E-state index is 14.8. The number of alkyl halides is 1. The van der Waals surface area contributed by atoms with Crippen LogP contribution in [0.1, 0.15) is 43.2 Å². The van der Waals surface area contributed by atoms with Crippen molar-refractivity contribution in [2.75, 3.05) is 26.6 Å². The summed E-state index contributed by atoms with van der Waals surface area (Å²) in [7, 11) is 0. The van der Waals surface area contributed by atoms with Gasteiger partial charge >= 0.3 is 6.09 Å². The zero-order valence-corrected chi connectivity index (χ0v) is 23.4. The van der Waals surface area contributed by atoms with E-state index < -0.39 is 48.0 Å². The maximum atomic E-state index is 14.8. The van der Waals surface area contributed by atoms with Gasteiger partial charge in [-0.25, -0.2) is 26.7 Å². The zero-order chi connectivity index (χ0) is 31.4. The van der Waals surface area contributed by atoms with Crippen LogP contribution in [0.2, 0.25) is 0 Å². The summed E-state index contributed by atoms with van der Waals surface area (Å²) in [6.07, 6.45) is 0.932. The van der Waals surface area contributed by atoms with Gasteiger partial charge in [-0.15, -0.1) is 0 Å². The molecule has 2 amide bonds. The normalized spacial score (nSPS) is 18.3. The third-order valence-corrected chi connectivity index (χ3v) is 6.82. The minimum atomic E-state index is -1.10. The van der Waals surface area contributed by atoms with Gasteiger partial charge < -0.3 is 25.5 Å². The van der Waals surface area contributed by atoms with E-state index >= 15 is 0 Å². The van der Waals surface area contributed by atoms with Crippen LogP contribution in [0.15, 0.2) is 65.6 Å². The van der Waals surface area contributed by atoms with Crippen LogP contribution in [0.25, 0.3) is 0 Å². The van der Waals surface area contributed by atoms with Crippen molar-refractivity contribution in [1.29, 1.82) is 5.41 Å². The first-order chi connectivity index (χ1) is 20.6. The Morgan fingerprint density at radius 3 is 2.47 bits per heavy atom. The van der Waals surface area contributed by atoms with Crippen LogP contribution in [0.5, 0.6) is 0 Å². The van der Waals surface area contributed by atoms with Gasteiger partial charge in [0.25, 0.3) is 0 Å². The molecule has 2 aromatic carbocycles. The Bertz CT molecular complexity index is 1330. The molecule has 0 spiro atoms. The molecule has 1 saturated heterocycles. The number of allylic oxidation sites excluding steroid dienone is 3. The number of rotatable bonds is 13. The summed E-state index contributed by atoms with van der Waals surface area (Å²) in [6, 6.07) is 8.21. The third kappa shape index (κ3) is 10.00. The van der Waals surface area contributed by atoms with Crippen molar-refractivity contribution >= 4 is 18.2 Å². The van der Waals surface area contributed by atoms with E-state index in [-0.39, 0.29) is 55.0 Å². The largest absolute Gasteiger partial charge is 0.448 e. The van der Waals surface area contributed by atoms with E-state index in [1.165, 1.54) is 36.4 Å². The lowest BCUT2D eigenvalue weighted by atomic mass is 9.88. The van der Waals surface area contributed by atoms with Gasteiger partial charge in [0.1, 0.15) is 18.3 Å². The van der Waals surface area contributed by atoms with Crippen LogP contribution >= 0.6 is 0 Å². The van der Waals surface area contributed by atoms with Crippen molar-refractivity contribution < 1.29 is 41.0 Å². The fourth-order valence-corrected chi connectivity index (χ4v) is 4.58. The summed E-state index contributed by atoms with van der Waals surface area (Å²) in [5.41, 5.74) is 0.967. The lowest BCUT2D eigenvalue weighted by Crippen LogP contribution is -2.49. The molecule has 1 fully saturated rings. The SMILES string of the molecule is C/C=C(NC(=O)C[C@H](c1ccc(F)cc1)c1ccc(F)c(F)c1)\C(CC[C@@H]1CN[C@H](COC(=O)NCF)CO1)=C(\F)C=N. The number of nitrogens with one attached hydrogen (secondary N) is 4. The molecule has 0 radical (unpaired) electrons. The van der Waals surface area contributed by atoms with Gasteiger partial charge in [0.2, 0.25) is 5.91 Å². The van der Waals surface area contributed by atoms with Gasteiger partial charge in [-0.3, -0.25) is 10.1 Å². The number of carbonyl (C=O) groups excluding carboxylic acids is 2. The summed E-state index contributed by atoms with van der Waals surface area (Å²) in [5, 5.41) is 15.1. The first kappa shape index (κ1) is 33.4. The molecule has 0 unspecified atom stereocenters. The van der Waals surface area contributed by atoms with E-state index in [2.05, 4.69) is 10.6 Å². The molecule has 13 heteroatoms. The number of benzene rings is 2. The van der Waals surface area contributed by atoms with Crippen LogP contribution < -0.4 is 16.0 Å². The lowest BCUT2D eigenvalue weighted by Gasteiger charge is -2.30. The molecule has 43 heavy (non-hydrogen) atoms. The highest BCUT2D eigenvalue weighted by molar-refractivity contribution is 5.82. The average molecular weight is 609 g/mol. The van der Waals surface area contributed by atoms with E-state index in [9.17, 15) is 31.5 Å². The quantitative estimate of drug-likeness (QED) is 0.107. The van der Waals surface area contributed by atoms with Gasteiger partial charge in [0.15, 0.2) is 18.4 Å². The Labute approximate surface area is 245 Å². The van der Waals surface area contributed by atoms with Gasteiger partial charge in [-0.05, 0) is 55.2 Å². The molecule has 0 saturated carbocycles. The second-order valence-corrected chi connectivity index (χ2v) is 9.71. The number of alkyl carbamates (subject to hydrolysis) is 1. The van der Waals surface area contributed by atoms with Crippen LogP contribution in [-0.4, -0.2) is 56.9 Å². The lowest BCUT2D eigenvalue weighted by molar-refractivity contribution is -0.120. The van der Waals surface area contributed by atoms with E-state index in [1.54, 1.807) is 6.92 Å². The highest BCUT2D eigenvalue weighted by atomic mass is 19.2. The molecule has 2 aromatic rings. The molecule has 1 aliphatic heterocycles. The molecule has 4 N–H and O–H groups in total.